The quantitative estimate of drug-likeness (QED) is 0.763. The summed E-state index contributed by atoms with van der Waals surface area (Å²) >= 11 is 0. The Kier molecular flexibility index (Phi) is 3.06. The molecule has 1 N–H and O–H groups in total. The zero-order chi connectivity index (χ0) is 10.7. The molecule has 0 unspecified atom stereocenters. The van der Waals surface area contributed by atoms with Gasteiger partial charge in [0.1, 0.15) is 5.69 Å². The molecule has 0 aromatic carbocycles. The molecule has 0 aliphatic heterocycles. The summed E-state index contributed by atoms with van der Waals surface area (Å²) in [4.78, 5) is 22.8. The first-order valence-electron chi connectivity index (χ1n) is 4.49. The fourth-order valence-electron chi connectivity index (χ4n) is 0.970. The van der Waals surface area contributed by atoms with Gasteiger partial charge in [0.25, 0.3) is 5.56 Å². The standard InChI is InChI=1S/C10H14N2O2/c1-7(2)9(13)11-8-5-4-6-12(3)10(8)14/h4-7H,1-3H3,(H,11,13). The van der Waals surface area contributed by atoms with E-state index in [0.717, 1.165) is 0 Å². The first-order chi connectivity index (χ1) is 6.52. The first-order valence-corrected chi connectivity index (χ1v) is 4.49. The van der Waals surface area contributed by atoms with Crippen LogP contribution in [0, 0.1) is 5.92 Å². The number of hydrogen-bond donors (Lipinski definition) is 1. The second kappa shape index (κ2) is 4.09. The van der Waals surface area contributed by atoms with Gasteiger partial charge in [-0.25, -0.2) is 0 Å². The van der Waals surface area contributed by atoms with Gasteiger partial charge < -0.3 is 9.88 Å². The number of carbonyl (C=O) groups excluding carboxylic acids is 1. The molecular weight excluding hydrogens is 180 g/mol. The minimum Gasteiger partial charge on any atom is -0.321 e. The van der Waals surface area contributed by atoms with E-state index >= 15 is 0 Å². The van der Waals surface area contributed by atoms with E-state index in [0.29, 0.717) is 5.69 Å². The zero-order valence-electron chi connectivity index (χ0n) is 8.57. The van der Waals surface area contributed by atoms with E-state index in [1.165, 1.54) is 4.57 Å². The molecular formula is C10H14N2O2. The van der Waals surface area contributed by atoms with Gasteiger partial charge in [-0.05, 0) is 12.1 Å². The minimum absolute atomic E-state index is 0.125. The van der Waals surface area contributed by atoms with Crippen LogP contribution in [-0.2, 0) is 11.8 Å². The summed E-state index contributed by atoms with van der Waals surface area (Å²) < 4.78 is 1.43. The Balaban J connectivity index is 2.93. The number of anilines is 1. The Bertz CT molecular complexity index is 393. The molecule has 1 amide bonds. The molecule has 1 rings (SSSR count). The second-order valence-electron chi connectivity index (χ2n) is 3.48. The highest BCUT2D eigenvalue weighted by molar-refractivity contribution is 5.91. The molecule has 76 valence electrons. The van der Waals surface area contributed by atoms with Gasteiger partial charge in [-0.1, -0.05) is 13.8 Å². The van der Waals surface area contributed by atoms with Crippen molar-refractivity contribution in [3.63, 3.8) is 0 Å². The van der Waals surface area contributed by atoms with Crippen LogP contribution in [0.5, 0.6) is 0 Å². The highest BCUT2D eigenvalue weighted by Gasteiger charge is 2.09. The lowest BCUT2D eigenvalue weighted by atomic mass is 10.2. The Hall–Kier alpha value is -1.58. The molecule has 4 nitrogen and oxygen atoms in total. The third-order valence-corrected chi connectivity index (χ3v) is 1.91. The summed E-state index contributed by atoms with van der Waals surface area (Å²) in [6, 6.07) is 3.32. The predicted octanol–water partition coefficient (Wildman–Crippen LogP) is 0.980. The highest BCUT2D eigenvalue weighted by Crippen LogP contribution is 2.01. The monoisotopic (exact) mass is 194 g/mol. The molecule has 1 heterocycles. The number of hydrogen-bond acceptors (Lipinski definition) is 2. The number of aromatic nitrogens is 1. The number of rotatable bonds is 2. The Morgan fingerprint density at radius 2 is 2.14 bits per heavy atom. The van der Waals surface area contributed by atoms with Crippen LogP contribution in [-0.4, -0.2) is 10.5 Å². The average molecular weight is 194 g/mol. The van der Waals surface area contributed by atoms with Gasteiger partial charge >= 0.3 is 0 Å². The summed E-state index contributed by atoms with van der Waals surface area (Å²) in [5, 5.41) is 2.58. The van der Waals surface area contributed by atoms with E-state index in [1.54, 1.807) is 39.2 Å². The normalized spacial score (nSPS) is 10.3. The fourth-order valence-corrected chi connectivity index (χ4v) is 0.970. The summed E-state index contributed by atoms with van der Waals surface area (Å²) in [5.41, 5.74) is 0.134. The number of pyridine rings is 1. The van der Waals surface area contributed by atoms with Crippen LogP contribution in [0.4, 0.5) is 5.69 Å². The molecule has 0 fully saturated rings. The van der Waals surface area contributed by atoms with E-state index in [4.69, 9.17) is 0 Å². The highest BCUT2D eigenvalue weighted by atomic mass is 16.2. The number of amides is 1. The molecule has 0 radical (unpaired) electrons. The van der Waals surface area contributed by atoms with Crippen molar-refractivity contribution >= 4 is 11.6 Å². The van der Waals surface area contributed by atoms with Crippen LogP contribution in [0.3, 0.4) is 0 Å². The van der Waals surface area contributed by atoms with Gasteiger partial charge in [0, 0.05) is 19.2 Å². The summed E-state index contributed by atoms with van der Waals surface area (Å²) in [7, 11) is 1.65. The van der Waals surface area contributed by atoms with Crippen LogP contribution in [0.15, 0.2) is 23.1 Å². The van der Waals surface area contributed by atoms with Gasteiger partial charge in [-0.2, -0.15) is 0 Å². The van der Waals surface area contributed by atoms with E-state index in [2.05, 4.69) is 5.32 Å². The van der Waals surface area contributed by atoms with Crippen molar-refractivity contribution in [2.24, 2.45) is 13.0 Å². The molecule has 0 aliphatic rings. The number of aryl methyl sites for hydroxylation is 1. The minimum atomic E-state index is -0.193. The Labute approximate surface area is 82.6 Å². The summed E-state index contributed by atoms with van der Waals surface area (Å²) in [6.45, 7) is 3.56. The number of nitrogens with zero attached hydrogens (tertiary/aromatic N) is 1. The van der Waals surface area contributed by atoms with Gasteiger partial charge in [0.15, 0.2) is 0 Å². The molecule has 0 saturated carbocycles. The van der Waals surface area contributed by atoms with Gasteiger partial charge in [0.05, 0.1) is 0 Å². The SMILES string of the molecule is CC(C)C(=O)Nc1cccn(C)c1=O. The molecule has 14 heavy (non-hydrogen) atoms. The maximum Gasteiger partial charge on any atom is 0.274 e. The smallest absolute Gasteiger partial charge is 0.274 e. The molecule has 0 bridgehead atoms. The van der Waals surface area contributed by atoms with Crippen molar-refractivity contribution < 1.29 is 4.79 Å². The van der Waals surface area contributed by atoms with E-state index in [1.807, 2.05) is 0 Å². The van der Waals surface area contributed by atoms with Crippen molar-refractivity contribution in [2.75, 3.05) is 5.32 Å². The molecule has 1 aromatic rings. The largest absolute Gasteiger partial charge is 0.321 e. The van der Waals surface area contributed by atoms with E-state index < -0.39 is 0 Å². The molecule has 0 aliphatic carbocycles. The van der Waals surface area contributed by atoms with Crippen molar-refractivity contribution in [1.29, 1.82) is 0 Å². The lowest BCUT2D eigenvalue weighted by Gasteiger charge is -2.07. The average Bonchev–Trinajstić information content (AvgIpc) is 2.12. The van der Waals surface area contributed by atoms with Crippen LogP contribution < -0.4 is 10.9 Å². The molecule has 1 aromatic heterocycles. The van der Waals surface area contributed by atoms with Crippen LogP contribution >= 0.6 is 0 Å². The second-order valence-corrected chi connectivity index (χ2v) is 3.48. The summed E-state index contributed by atoms with van der Waals surface area (Å²) in [5.74, 6) is -0.270. The van der Waals surface area contributed by atoms with Crippen molar-refractivity contribution in [1.82, 2.24) is 4.57 Å². The molecule has 4 heteroatoms. The fraction of sp³-hybridized carbons (Fsp3) is 0.400. The van der Waals surface area contributed by atoms with Crippen molar-refractivity contribution in [3.05, 3.63) is 28.7 Å². The predicted molar refractivity (Wildman–Crippen MR) is 55.2 cm³/mol. The lowest BCUT2D eigenvalue weighted by Crippen LogP contribution is -2.25. The maximum absolute atomic E-state index is 11.5. The van der Waals surface area contributed by atoms with E-state index in [9.17, 15) is 9.59 Å². The van der Waals surface area contributed by atoms with Crippen LogP contribution in [0.25, 0.3) is 0 Å². The molecule has 0 atom stereocenters. The maximum atomic E-state index is 11.5. The third-order valence-electron chi connectivity index (χ3n) is 1.91. The first kappa shape index (κ1) is 10.5. The number of nitrogens with one attached hydrogen (secondary N) is 1. The lowest BCUT2D eigenvalue weighted by molar-refractivity contribution is -0.118. The molecule has 0 spiro atoms. The van der Waals surface area contributed by atoms with Gasteiger partial charge in [-0.3, -0.25) is 9.59 Å². The zero-order valence-corrected chi connectivity index (χ0v) is 8.57. The third kappa shape index (κ3) is 2.22. The topological polar surface area (TPSA) is 51.1 Å². The van der Waals surface area contributed by atoms with E-state index in [-0.39, 0.29) is 17.4 Å². The van der Waals surface area contributed by atoms with Crippen LogP contribution in [0.2, 0.25) is 0 Å². The van der Waals surface area contributed by atoms with Gasteiger partial charge in [-0.15, -0.1) is 0 Å². The van der Waals surface area contributed by atoms with Gasteiger partial charge in [0.2, 0.25) is 5.91 Å². The van der Waals surface area contributed by atoms with Crippen molar-refractivity contribution in [3.8, 4) is 0 Å². The van der Waals surface area contributed by atoms with Crippen molar-refractivity contribution in [2.45, 2.75) is 13.8 Å². The number of carbonyl (C=O) groups is 1. The van der Waals surface area contributed by atoms with Crippen LogP contribution in [0.1, 0.15) is 13.8 Å². The Morgan fingerprint density at radius 1 is 1.50 bits per heavy atom. The Morgan fingerprint density at radius 3 is 2.71 bits per heavy atom. The summed E-state index contributed by atoms with van der Waals surface area (Å²) in [6.07, 6.45) is 1.65. The molecule has 0 saturated heterocycles.